The lowest BCUT2D eigenvalue weighted by atomic mass is 10.2. The normalized spacial score (nSPS) is 10.7. The van der Waals surface area contributed by atoms with E-state index in [1.807, 2.05) is 0 Å². The van der Waals surface area contributed by atoms with E-state index < -0.39 is 6.43 Å². The average molecular weight is 251 g/mol. The molecule has 0 radical (unpaired) electrons. The molecule has 0 saturated carbocycles. The minimum absolute atomic E-state index is 0.235. The number of nitrogens with zero attached hydrogens (tertiary/aromatic N) is 2. The number of aryl methyl sites for hydroxylation is 1. The third-order valence-electron chi connectivity index (χ3n) is 2.40. The Hall–Kier alpha value is -2.24. The molecule has 0 aliphatic heterocycles. The number of aromatic nitrogens is 2. The number of hydrogen-bond donors (Lipinski definition) is 1. The number of nitrogens with one attached hydrogen (secondary N) is 1. The number of rotatable bonds is 3. The van der Waals surface area contributed by atoms with Gasteiger partial charge >= 0.3 is 0 Å². The van der Waals surface area contributed by atoms with E-state index >= 15 is 0 Å². The summed E-state index contributed by atoms with van der Waals surface area (Å²) in [4.78, 5) is 11.8. The van der Waals surface area contributed by atoms with E-state index in [-0.39, 0.29) is 17.4 Å². The maximum absolute atomic E-state index is 12.4. The summed E-state index contributed by atoms with van der Waals surface area (Å²) in [5.41, 5.74) is 0.0955. The molecule has 0 aliphatic carbocycles. The lowest BCUT2D eigenvalue weighted by Crippen LogP contribution is -2.14. The Morgan fingerprint density at radius 3 is 2.56 bits per heavy atom. The van der Waals surface area contributed by atoms with Crippen LogP contribution in [-0.4, -0.2) is 15.7 Å². The fourth-order valence-electron chi connectivity index (χ4n) is 1.49. The number of amides is 1. The molecule has 0 unspecified atom stereocenters. The van der Waals surface area contributed by atoms with Gasteiger partial charge in [0, 0.05) is 18.7 Å². The molecule has 1 heterocycles. The van der Waals surface area contributed by atoms with Gasteiger partial charge < -0.3 is 5.32 Å². The first kappa shape index (κ1) is 12.2. The van der Waals surface area contributed by atoms with Crippen molar-refractivity contribution in [2.24, 2.45) is 7.05 Å². The van der Waals surface area contributed by atoms with Crippen molar-refractivity contribution < 1.29 is 13.6 Å². The Labute approximate surface area is 102 Å². The quantitative estimate of drug-likeness (QED) is 0.911. The molecule has 0 saturated heterocycles. The highest BCUT2D eigenvalue weighted by molar-refractivity contribution is 6.03. The molecule has 0 aliphatic rings. The summed E-state index contributed by atoms with van der Waals surface area (Å²) in [7, 11) is 1.49. The standard InChI is InChI=1S/C12H11F2N3O/c1-17-10(7-9(16-17)11(13)14)15-12(18)8-5-3-2-4-6-8/h2-7,11H,1H3,(H,15,18). The fraction of sp³-hybridized carbons (Fsp3) is 0.167. The van der Waals surface area contributed by atoms with Crippen molar-refractivity contribution in [3.05, 3.63) is 47.7 Å². The summed E-state index contributed by atoms with van der Waals surface area (Å²) in [5, 5.41) is 6.14. The zero-order valence-corrected chi connectivity index (χ0v) is 9.60. The predicted octanol–water partition coefficient (Wildman–Crippen LogP) is 2.61. The van der Waals surface area contributed by atoms with Crippen LogP contribution in [-0.2, 0) is 7.05 Å². The number of anilines is 1. The lowest BCUT2D eigenvalue weighted by Gasteiger charge is -2.04. The molecular weight excluding hydrogens is 240 g/mol. The highest BCUT2D eigenvalue weighted by atomic mass is 19.3. The molecule has 1 N–H and O–H groups in total. The second-order valence-electron chi connectivity index (χ2n) is 3.70. The van der Waals surface area contributed by atoms with Gasteiger partial charge in [0.1, 0.15) is 11.5 Å². The largest absolute Gasteiger partial charge is 0.307 e. The van der Waals surface area contributed by atoms with Gasteiger partial charge in [0.05, 0.1) is 0 Å². The first-order valence-electron chi connectivity index (χ1n) is 5.26. The molecule has 94 valence electrons. The first-order chi connectivity index (χ1) is 8.58. The monoisotopic (exact) mass is 251 g/mol. The van der Waals surface area contributed by atoms with Crippen molar-refractivity contribution in [3.8, 4) is 0 Å². The van der Waals surface area contributed by atoms with Crippen LogP contribution in [0.4, 0.5) is 14.6 Å². The maximum atomic E-state index is 12.4. The van der Waals surface area contributed by atoms with Gasteiger partial charge in [-0.1, -0.05) is 18.2 Å². The van der Waals surface area contributed by atoms with Crippen LogP contribution in [0.3, 0.4) is 0 Å². The molecule has 1 aromatic carbocycles. The Bertz CT molecular complexity index is 552. The van der Waals surface area contributed by atoms with Crippen molar-refractivity contribution in [1.29, 1.82) is 0 Å². The van der Waals surface area contributed by atoms with Crippen molar-refractivity contribution in [2.45, 2.75) is 6.43 Å². The van der Waals surface area contributed by atoms with E-state index in [0.29, 0.717) is 5.56 Å². The molecular formula is C12H11F2N3O. The zero-order valence-electron chi connectivity index (χ0n) is 9.60. The summed E-state index contributed by atoms with van der Waals surface area (Å²) in [5.74, 6) is -0.126. The van der Waals surface area contributed by atoms with Crippen LogP contribution in [0, 0.1) is 0 Å². The average Bonchev–Trinajstić information content (AvgIpc) is 2.72. The van der Waals surface area contributed by atoms with Crippen LogP contribution < -0.4 is 5.32 Å². The molecule has 6 heteroatoms. The number of alkyl halides is 2. The maximum Gasteiger partial charge on any atom is 0.282 e. The van der Waals surface area contributed by atoms with Gasteiger partial charge in [-0.15, -0.1) is 0 Å². The van der Waals surface area contributed by atoms with Gasteiger partial charge in [-0.3, -0.25) is 9.48 Å². The Balaban J connectivity index is 2.17. The number of benzene rings is 1. The minimum atomic E-state index is -2.65. The summed E-state index contributed by atoms with van der Waals surface area (Å²) in [6.07, 6.45) is -2.65. The van der Waals surface area contributed by atoms with Gasteiger partial charge in [-0.05, 0) is 12.1 Å². The number of hydrogen-bond acceptors (Lipinski definition) is 2. The van der Waals surface area contributed by atoms with Gasteiger partial charge in [0.25, 0.3) is 12.3 Å². The van der Waals surface area contributed by atoms with E-state index in [4.69, 9.17) is 0 Å². The van der Waals surface area contributed by atoms with E-state index in [2.05, 4.69) is 10.4 Å². The molecule has 1 amide bonds. The van der Waals surface area contributed by atoms with Crippen molar-refractivity contribution in [3.63, 3.8) is 0 Å². The Kier molecular flexibility index (Phi) is 3.36. The van der Waals surface area contributed by atoms with Crippen molar-refractivity contribution in [2.75, 3.05) is 5.32 Å². The van der Waals surface area contributed by atoms with Gasteiger partial charge in [0.2, 0.25) is 0 Å². The zero-order chi connectivity index (χ0) is 13.1. The third kappa shape index (κ3) is 2.53. The van der Waals surface area contributed by atoms with Gasteiger partial charge in [0.15, 0.2) is 0 Å². The predicted molar refractivity (Wildman–Crippen MR) is 62.6 cm³/mol. The smallest absolute Gasteiger partial charge is 0.282 e. The van der Waals surface area contributed by atoms with Gasteiger partial charge in [-0.25, -0.2) is 8.78 Å². The van der Waals surface area contributed by atoms with E-state index in [0.717, 1.165) is 6.07 Å². The Morgan fingerprint density at radius 2 is 2.00 bits per heavy atom. The second kappa shape index (κ2) is 4.95. The molecule has 0 spiro atoms. The van der Waals surface area contributed by atoms with E-state index in [9.17, 15) is 13.6 Å². The highest BCUT2D eigenvalue weighted by Gasteiger charge is 2.15. The minimum Gasteiger partial charge on any atom is -0.307 e. The highest BCUT2D eigenvalue weighted by Crippen LogP contribution is 2.20. The van der Waals surface area contributed by atoms with E-state index in [1.54, 1.807) is 30.3 Å². The number of carbonyl (C=O) groups excluding carboxylic acids is 1. The molecule has 2 rings (SSSR count). The van der Waals surface area contributed by atoms with Gasteiger partial charge in [-0.2, -0.15) is 5.10 Å². The van der Waals surface area contributed by atoms with Crippen LogP contribution in [0.5, 0.6) is 0 Å². The molecule has 1 aromatic heterocycles. The molecule has 0 fully saturated rings. The van der Waals surface area contributed by atoms with Crippen LogP contribution >= 0.6 is 0 Å². The van der Waals surface area contributed by atoms with Crippen LogP contribution in [0.1, 0.15) is 22.5 Å². The summed E-state index contributed by atoms with van der Waals surface area (Å²) < 4.78 is 26.1. The number of carbonyl (C=O) groups is 1. The van der Waals surface area contributed by atoms with Crippen LogP contribution in [0.25, 0.3) is 0 Å². The number of halogens is 2. The topological polar surface area (TPSA) is 46.9 Å². The molecule has 0 bridgehead atoms. The van der Waals surface area contributed by atoms with E-state index in [1.165, 1.54) is 11.7 Å². The SMILES string of the molecule is Cn1nc(C(F)F)cc1NC(=O)c1ccccc1. The third-order valence-corrected chi connectivity index (χ3v) is 2.40. The summed E-state index contributed by atoms with van der Waals surface area (Å²) in [6, 6.07) is 9.67. The summed E-state index contributed by atoms with van der Waals surface area (Å²) >= 11 is 0. The summed E-state index contributed by atoms with van der Waals surface area (Å²) in [6.45, 7) is 0. The molecule has 4 nitrogen and oxygen atoms in total. The van der Waals surface area contributed by atoms with Crippen LogP contribution in [0.2, 0.25) is 0 Å². The van der Waals surface area contributed by atoms with Crippen molar-refractivity contribution >= 4 is 11.7 Å². The molecule has 18 heavy (non-hydrogen) atoms. The Morgan fingerprint density at radius 1 is 1.33 bits per heavy atom. The molecule has 2 aromatic rings. The fourth-order valence-corrected chi connectivity index (χ4v) is 1.49. The second-order valence-corrected chi connectivity index (χ2v) is 3.70. The first-order valence-corrected chi connectivity index (χ1v) is 5.26. The lowest BCUT2D eigenvalue weighted by molar-refractivity contribution is 0.102. The molecule has 0 atom stereocenters. The van der Waals surface area contributed by atoms with Crippen molar-refractivity contribution in [1.82, 2.24) is 9.78 Å². The van der Waals surface area contributed by atoms with Crippen LogP contribution in [0.15, 0.2) is 36.4 Å².